The molecule has 0 aliphatic heterocycles. The molecule has 128 valence electrons. The van der Waals surface area contributed by atoms with E-state index < -0.39 is 23.9 Å². The van der Waals surface area contributed by atoms with Crippen LogP contribution in [0.3, 0.4) is 0 Å². The standard InChI is InChI=1S/C14H19F3N4O2/c15-14(16,17)10-4-2-1-3-9(10)12(22)18-7-8-19-13(23)11-5-6-20-21-11/h5-6,9-10H,1-4,7-8H2,(H,18,22)(H,19,23)(H,20,21)/t9-,10+/m1/s1. The van der Waals surface area contributed by atoms with Gasteiger partial charge in [0.1, 0.15) is 5.69 Å². The van der Waals surface area contributed by atoms with Crippen LogP contribution in [-0.4, -0.2) is 41.3 Å². The van der Waals surface area contributed by atoms with E-state index in [1.165, 1.54) is 12.3 Å². The molecule has 1 saturated carbocycles. The third-order valence-corrected chi connectivity index (χ3v) is 3.98. The number of carbonyl (C=O) groups is 2. The molecule has 0 unspecified atom stereocenters. The smallest absolute Gasteiger partial charge is 0.354 e. The van der Waals surface area contributed by atoms with Crippen LogP contribution in [0.25, 0.3) is 0 Å². The van der Waals surface area contributed by atoms with Gasteiger partial charge < -0.3 is 10.6 Å². The molecule has 1 aromatic rings. The topological polar surface area (TPSA) is 86.9 Å². The van der Waals surface area contributed by atoms with Crippen LogP contribution in [0.2, 0.25) is 0 Å². The highest BCUT2D eigenvalue weighted by Crippen LogP contribution is 2.41. The van der Waals surface area contributed by atoms with Gasteiger partial charge in [-0.3, -0.25) is 14.7 Å². The summed E-state index contributed by atoms with van der Waals surface area (Å²) in [5.74, 6) is -3.59. The lowest BCUT2D eigenvalue weighted by Crippen LogP contribution is -2.44. The molecular formula is C14H19F3N4O2. The van der Waals surface area contributed by atoms with Crippen molar-refractivity contribution in [3.63, 3.8) is 0 Å². The van der Waals surface area contributed by atoms with Crippen molar-refractivity contribution in [2.24, 2.45) is 11.8 Å². The molecule has 0 bridgehead atoms. The molecule has 1 heterocycles. The summed E-state index contributed by atoms with van der Waals surface area (Å²) in [6.07, 6.45) is -1.56. The molecule has 3 N–H and O–H groups in total. The molecule has 1 aliphatic carbocycles. The van der Waals surface area contributed by atoms with Crippen LogP contribution in [0, 0.1) is 11.8 Å². The van der Waals surface area contributed by atoms with Crippen LogP contribution in [0.5, 0.6) is 0 Å². The number of H-pyrrole nitrogens is 1. The monoisotopic (exact) mass is 332 g/mol. The number of amides is 2. The Kier molecular flexibility index (Phi) is 5.62. The number of nitrogens with zero attached hydrogens (tertiary/aromatic N) is 1. The van der Waals surface area contributed by atoms with Crippen molar-refractivity contribution in [3.05, 3.63) is 18.0 Å². The first-order valence-electron chi connectivity index (χ1n) is 7.51. The summed E-state index contributed by atoms with van der Waals surface area (Å²) in [4.78, 5) is 23.6. The number of nitrogens with one attached hydrogen (secondary N) is 3. The van der Waals surface area contributed by atoms with Gasteiger partial charge in [0.05, 0.1) is 5.92 Å². The number of alkyl halides is 3. The molecule has 6 nitrogen and oxygen atoms in total. The number of hydrogen-bond acceptors (Lipinski definition) is 3. The van der Waals surface area contributed by atoms with Crippen molar-refractivity contribution in [3.8, 4) is 0 Å². The second-order valence-electron chi connectivity index (χ2n) is 5.56. The summed E-state index contributed by atoms with van der Waals surface area (Å²) in [7, 11) is 0. The fraction of sp³-hybridized carbons (Fsp3) is 0.643. The van der Waals surface area contributed by atoms with Crippen molar-refractivity contribution < 1.29 is 22.8 Å². The van der Waals surface area contributed by atoms with Gasteiger partial charge in [-0.1, -0.05) is 12.8 Å². The minimum atomic E-state index is -4.35. The van der Waals surface area contributed by atoms with E-state index in [9.17, 15) is 22.8 Å². The van der Waals surface area contributed by atoms with E-state index in [-0.39, 0.29) is 37.5 Å². The van der Waals surface area contributed by atoms with E-state index >= 15 is 0 Å². The molecular weight excluding hydrogens is 313 g/mol. The number of rotatable bonds is 5. The first-order chi connectivity index (χ1) is 10.9. The molecule has 2 atom stereocenters. The number of aromatic nitrogens is 2. The van der Waals surface area contributed by atoms with Crippen molar-refractivity contribution in [1.82, 2.24) is 20.8 Å². The molecule has 9 heteroatoms. The largest absolute Gasteiger partial charge is 0.392 e. The zero-order valence-corrected chi connectivity index (χ0v) is 12.4. The highest BCUT2D eigenvalue weighted by molar-refractivity contribution is 5.92. The van der Waals surface area contributed by atoms with Gasteiger partial charge in [-0.15, -0.1) is 0 Å². The molecule has 0 radical (unpaired) electrons. The Hall–Kier alpha value is -2.06. The second kappa shape index (κ2) is 7.47. The molecule has 0 saturated heterocycles. The molecule has 1 fully saturated rings. The zero-order valence-electron chi connectivity index (χ0n) is 12.4. The summed E-state index contributed by atoms with van der Waals surface area (Å²) in [6.45, 7) is 0.215. The molecule has 1 aromatic heterocycles. The molecule has 0 spiro atoms. The van der Waals surface area contributed by atoms with Crippen LogP contribution < -0.4 is 10.6 Å². The molecule has 23 heavy (non-hydrogen) atoms. The van der Waals surface area contributed by atoms with Gasteiger partial charge in [0.2, 0.25) is 5.91 Å². The fourth-order valence-electron chi connectivity index (χ4n) is 2.81. The lowest BCUT2D eigenvalue weighted by Gasteiger charge is -2.32. The quantitative estimate of drug-likeness (QED) is 0.716. The lowest BCUT2D eigenvalue weighted by molar-refractivity contribution is -0.198. The van der Waals surface area contributed by atoms with E-state index in [1.807, 2.05) is 0 Å². The molecule has 2 amide bonds. The van der Waals surface area contributed by atoms with Gasteiger partial charge in [-0.25, -0.2) is 0 Å². The minimum absolute atomic E-state index is 0.00184. The lowest BCUT2D eigenvalue weighted by atomic mass is 9.78. The van der Waals surface area contributed by atoms with Gasteiger partial charge in [0.25, 0.3) is 5.91 Å². The Morgan fingerprint density at radius 1 is 1.22 bits per heavy atom. The van der Waals surface area contributed by atoms with Crippen molar-refractivity contribution in [2.75, 3.05) is 13.1 Å². The summed E-state index contributed by atoms with van der Waals surface area (Å²) in [5.41, 5.74) is 0.278. The number of aromatic amines is 1. The Morgan fingerprint density at radius 3 is 2.57 bits per heavy atom. The van der Waals surface area contributed by atoms with E-state index in [0.717, 1.165) is 0 Å². The normalized spacial score (nSPS) is 21.7. The summed E-state index contributed by atoms with van der Waals surface area (Å²) >= 11 is 0. The van der Waals surface area contributed by atoms with E-state index in [2.05, 4.69) is 20.8 Å². The highest BCUT2D eigenvalue weighted by atomic mass is 19.4. The Morgan fingerprint density at radius 2 is 1.91 bits per heavy atom. The highest BCUT2D eigenvalue weighted by Gasteiger charge is 2.47. The zero-order chi connectivity index (χ0) is 16.9. The average molecular weight is 332 g/mol. The third kappa shape index (κ3) is 4.70. The summed E-state index contributed by atoms with van der Waals surface area (Å²) in [5, 5.41) is 11.1. The molecule has 1 aliphatic rings. The Bertz CT molecular complexity index is 531. The maximum Gasteiger partial charge on any atom is 0.392 e. The number of hydrogen-bond donors (Lipinski definition) is 3. The maximum atomic E-state index is 13.0. The third-order valence-electron chi connectivity index (χ3n) is 3.98. The Balaban J connectivity index is 1.76. The van der Waals surface area contributed by atoms with Gasteiger partial charge in [-0.2, -0.15) is 18.3 Å². The van der Waals surface area contributed by atoms with E-state index in [1.54, 1.807) is 0 Å². The fourth-order valence-corrected chi connectivity index (χ4v) is 2.81. The first kappa shape index (κ1) is 17.3. The predicted octanol–water partition coefficient (Wildman–Crippen LogP) is 1.62. The first-order valence-corrected chi connectivity index (χ1v) is 7.51. The molecule has 0 aromatic carbocycles. The average Bonchev–Trinajstić information content (AvgIpc) is 3.04. The molecule has 2 rings (SSSR count). The maximum absolute atomic E-state index is 13.0. The second-order valence-corrected chi connectivity index (χ2v) is 5.56. The van der Waals surface area contributed by atoms with Gasteiger partial charge in [0.15, 0.2) is 0 Å². The van der Waals surface area contributed by atoms with Gasteiger partial charge >= 0.3 is 6.18 Å². The summed E-state index contributed by atoms with van der Waals surface area (Å²) in [6, 6.07) is 1.49. The SMILES string of the molecule is O=C(NCCNC(=O)[C@@H]1CCCC[C@@H]1C(F)(F)F)c1ccn[nH]1. The van der Waals surface area contributed by atoms with Crippen molar-refractivity contribution >= 4 is 11.8 Å². The van der Waals surface area contributed by atoms with Crippen molar-refractivity contribution in [2.45, 2.75) is 31.9 Å². The van der Waals surface area contributed by atoms with E-state index in [4.69, 9.17) is 0 Å². The van der Waals surface area contributed by atoms with Crippen LogP contribution in [0.1, 0.15) is 36.2 Å². The number of carbonyl (C=O) groups excluding carboxylic acids is 2. The van der Waals surface area contributed by atoms with Gasteiger partial charge in [0, 0.05) is 25.2 Å². The minimum Gasteiger partial charge on any atom is -0.354 e. The predicted molar refractivity (Wildman–Crippen MR) is 75.4 cm³/mol. The summed E-state index contributed by atoms with van der Waals surface area (Å²) < 4.78 is 38.9. The van der Waals surface area contributed by atoms with Crippen LogP contribution in [0.4, 0.5) is 13.2 Å². The van der Waals surface area contributed by atoms with Crippen molar-refractivity contribution in [1.29, 1.82) is 0 Å². The van der Waals surface area contributed by atoms with Crippen LogP contribution in [0.15, 0.2) is 12.3 Å². The van der Waals surface area contributed by atoms with E-state index in [0.29, 0.717) is 12.8 Å². The van der Waals surface area contributed by atoms with Crippen LogP contribution >= 0.6 is 0 Å². The van der Waals surface area contributed by atoms with Crippen LogP contribution in [-0.2, 0) is 4.79 Å². The van der Waals surface area contributed by atoms with Gasteiger partial charge in [-0.05, 0) is 18.9 Å². The number of halogens is 3. The Labute approximate surface area is 131 Å².